The predicted molar refractivity (Wildman–Crippen MR) is 91.7 cm³/mol. The largest absolute Gasteiger partial charge is 0.269 e. The van der Waals surface area contributed by atoms with Crippen LogP contribution in [0.3, 0.4) is 0 Å². The minimum atomic E-state index is -0.452. The first kappa shape index (κ1) is 16.2. The second-order valence-corrected chi connectivity index (χ2v) is 5.02. The van der Waals surface area contributed by atoms with Crippen LogP contribution in [0.4, 0.5) is 16.0 Å². The first-order chi connectivity index (χ1) is 12.1. The lowest BCUT2D eigenvalue weighted by Crippen LogP contribution is -1.97. The summed E-state index contributed by atoms with van der Waals surface area (Å²) in [6, 6.07) is 12.0. The molecule has 0 spiro atoms. The van der Waals surface area contributed by atoms with Crippen LogP contribution in [0.2, 0.25) is 0 Å². The third-order valence-corrected chi connectivity index (χ3v) is 3.31. The standard InChI is InChI=1S/C17H12FN5O2/c18-15-5-1-12(2-6-15)9-21-22-17-19-10-14(11-20-17)13-3-7-16(8-4-13)23(24)25/h1-11H,(H,19,20,22). The van der Waals surface area contributed by atoms with E-state index < -0.39 is 4.92 Å². The van der Waals surface area contributed by atoms with Gasteiger partial charge in [-0.05, 0) is 35.4 Å². The number of halogens is 1. The molecule has 3 aromatic rings. The highest BCUT2D eigenvalue weighted by atomic mass is 19.1. The fourth-order valence-corrected chi connectivity index (χ4v) is 2.02. The van der Waals surface area contributed by atoms with Crippen molar-refractivity contribution in [1.29, 1.82) is 0 Å². The van der Waals surface area contributed by atoms with E-state index in [0.717, 1.165) is 16.7 Å². The van der Waals surface area contributed by atoms with Gasteiger partial charge in [0, 0.05) is 30.1 Å². The van der Waals surface area contributed by atoms with E-state index in [-0.39, 0.29) is 11.5 Å². The van der Waals surface area contributed by atoms with Crippen LogP contribution in [-0.4, -0.2) is 21.1 Å². The molecule has 1 heterocycles. The second kappa shape index (κ2) is 7.26. The third-order valence-electron chi connectivity index (χ3n) is 3.31. The normalized spacial score (nSPS) is 10.8. The summed E-state index contributed by atoms with van der Waals surface area (Å²) in [4.78, 5) is 18.5. The SMILES string of the molecule is O=[N+]([O-])c1ccc(-c2cnc(NN=Cc3ccc(F)cc3)nc2)cc1. The van der Waals surface area contributed by atoms with Crippen LogP contribution in [0.25, 0.3) is 11.1 Å². The maximum Gasteiger partial charge on any atom is 0.269 e. The Bertz CT molecular complexity index is 894. The minimum absolute atomic E-state index is 0.0260. The predicted octanol–water partition coefficient (Wildman–Crippen LogP) is 3.64. The molecule has 0 bridgehead atoms. The molecule has 2 aromatic carbocycles. The molecular weight excluding hydrogens is 325 g/mol. The molecular formula is C17H12FN5O2. The molecule has 25 heavy (non-hydrogen) atoms. The summed E-state index contributed by atoms with van der Waals surface area (Å²) >= 11 is 0. The highest BCUT2D eigenvalue weighted by Crippen LogP contribution is 2.21. The van der Waals surface area contributed by atoms with Crippen LogP contribution in [0.1, 0.15) is 5.56 Å². The summed E-state index contributed by atoms with van der Waals surface area (Å²) in [6.45, 7) is 0. The van der Waals surface area contributed by atoms with E-state index in [1.165, 1.54) is 30.5 Å². The van der Waals surface area contributed by atoms with Crippen molar-refractivity contribution in [3.63, 3.8) is 0 Å². The van der Waals surface area contributed by atoms with E-state index in [2.05, 4.69) is 20.5 Å². The monoisotopic (exact) mass is 337 g/mol. The van der Waals surface area contributed by atoms with Gasteiger partial charge in [0.2, 0.25) is 5.95 Å². The molecule has 1 aromatic heterocycles. The quantitative estimate of drug-likeness (QED) is 0.436. The number of hydrogen-bond donors (Lipinski definition) is 1. The number of rotatable bonds is 5. The van der Waals surface area contributed by atoms with Crippen LogP contribution >= 0.6 is 0 Å². The molecule has 0 atom stereocenters. The number of non-ortho nitro benzene ring substituents is 1. The van der Waals surface area contributed by atoms with Gasteiger partial charge in [-0.2, -0.15) is 5.10 Å². The maximum atomic E-state index is 12.8. The van der Waals surface area contributed by atoms with Gasteiger partial charge in [0.1, 0.15) is 5.82 Å². The summed E-state index contributed by atoms with van der Waals surface area (Å²) in [5, 5.41) is 14.6. The van der Waals surface area contributed by atoms with Gasteiger partial charge in [-0.1, -0.05) is 12.1 Å². The topological polar surface area (TPSA) is 93.3 Å². The summed E-state index contributed by atoms with van der Waals surface area (Å²) in [5.74, 6) is -0.0145. The molecule has 1 N–H and O–H groups in total. The Balaban J connectivity index is 1.65. The molecule has 0 aliphatic carbocycles. The number of nitro benzene ring substituents is 1. The van der Waals surface area contributed by atoms with Crippen LogP contribution < -0.4 is 5.43 Å². The van der Waals surface area contributed by atoms with Gasteiger partial charge < -0.3 is 0 Å². The summed E-state index contributed by atoms with van der Waals surface area (Å²) < 4.78 is 12.8. The summed E-state index contributed by atoms with van der Waals surface area (Å²) in [5.41, 5.74) is 4.93. The fourth-order valence-electron chi connectivity index (χ4n) is 2.02. The smallest absolute Gasteiger partial charge is 0.258 e. The van der Waals surface area contributed by atoms with Crippen molar-refractivity contribution in [3.8, 4) is 11.1 Å². The Kier molecular flexibility index (Phi) is 4.70. The molecule has 124 valence electrons. The molecule has 7 nitrogen and oxygen atoms in total. The van der Waals surface area contributed by atoms with Gasteiger partial charge in [-0.15, -0.1) is 0 Å². The van der Waals surface area contributed by atoms with Crippen molar-refractivity contribution in [2.45, 2.75) is 0 Å². The lowest BCUT2D eigenvalue weighted by Gasteiger charge is -2.02. The van der Waals surface area contributed by atoms with Crippen molar-refractivity contribution >= 4 is 17.9 Å². The molecule has 3 rings (SSSR count). The highest BCUT2D eigenvalue weighted by molar-refractivity contribution is 5.79. The van der Waals surface area contributed by atoms with E-state index in [1.54, 1.807) is 36.7 Å². The van der Waals surface area contributed by atoms with Crippen molar-refractivity contribution in [2.75, 3.05) is 5.43 Å². The van der Waals surface area contributed by atoms with Crippen LogP contribution in [0.5, 0.6) is 0 Å². The molecule has 0 fully saturated rings. The van der Waals surface area contributed by atoms with Gasteiger partial charge in [-0.3, -0.25) is 10.1 Å². The lowest BCUT2D eigenvalue weighted by molar-refractivity contribution is -0.384. The molecule has 0 aliphatic rings. The fraction of sp³-hybridized carbons (Fsp3) is 0. The van der Waals surface area contributed by atoms with Crippen LogP contribution in [0, 0.1) is 15.9 Å². The average Bonchev–Trinajstić information content (AvgIpc) is 2.64. The second-order valence-electron chi connectivity index (χ2n) is 5.02. The molecule has 0 saturated carbocycles. The van der Waals surface area contributed by atoms with E-state index in [0.29, 0.717) is 5.95 Å². The number of hydrogen-bond acceptors (Lipinski definition) is 6. The van der Waals surface area contributed by atoms with Crippen molar-refractivity contribution in [1.82, 2.24) is 9.97 Å². The number of anilines is 1. The van der Waals surface area contributed by atoms with E-state index >= 15 is 0 Å². The number of hydrazone groups is 1. The highest BCUT2D eigenvalue weighted by Gasteiger charge is 2.06. The van der Waals surface area contributed by atoms with Crippen molar-refractivity contribution in [3.05, 3.63) is 82.4 Å². The van der Waals surface area contributed by atoms with Gasteiger partial charge >= 0.3 is 0 Å². The van der Waals surface area contributed by atoms with Crippen molar-refractivity contribution < 1.29 is 9.31 Å². The number of nitrogens with zero attached hydrogens (tertiary/aromatic N) is 4. The number of benzene rings is 2. The summed E-state index contributed by atoms with van der Waals surface area (Å²) in [6.07, 6.45) is 4.70. The van der Waals surface area contributed by atoms with Gasteiger partial charge in [-0.25, -0.2) is 19.8 Å². The Labute approximate surface area is 142 Å². The minimum Gasteiger partial charge on any atom is -0.258 e. The number of nitro groups is 1. The van der Waals surface area contributed by atoms with Gasteiger partial charge in [0.05, 0.1) is 11.1 Å². The van der Waals surface area contributed by atoms with Crippen LogP contribution in [0.15, 0.2) is 66.0 Å². The Morgan fingerprint density at radius 1 is 1.00 bits per heavy atom. The first-order valence-electron chi connectivity index (χ1n) is 7.23. The Morgan fingerprint density at radius 3 is 2.24 bits per heavy atom. The molecule has 0 radical (unpaired) electrons. The Morgan fingerprint density at radius 2 is 1.64 bits per heavy atom. The van der Waals surface area contributed by atoms with Crippen molar-refractivity contribution in [2.24, 2.45) is 5.10 Å². The lowest BCUT2D eigenvalue weighted by atomic mass is 10.1. The zero-order valence-electron chi connectivity index (χ0n) is 12.8. The molecule has 8 heteroatoms. The van der Waals surface area contributed by atoms with E-state index in [4.69, 9.17) is 0 Å². The molecule has 0 saturated heterocycles. The van der Waals surface area contributed by atoms with Gasteiger partial charge in [0.15, 0.2) is 0 Å². The molecule has 0 unspecified atom stereocenters. The van der Waals surface area contributed by atoms with Crippen LogP contribution in [-0.2, 0) is 0 Å². The maximum absolute atomic E-state index is 12.8. The van der Waals surface area contributed by atoms with Gasteiger partial charge in [0.25, 0.3) is 5.69 Å². The zero-order valence-corrected chi connectivity index (χ0v) is 12.8. The van der Waals surface area contributed by atoms with E-state index in [9.17, 15) is 14.5 Å². The number of aromatic nitrogens is 2. The first-order valence-corrected chi connectivity index (χ1v) is 7.23. The Hall–Kier alpha value is -3.68. The summed E-state index contributed by atoms with van der Waals surface area (Å²) in [7, 11) is 0. The average molecular weight is 337 g/mol. The van der Waals surface area contributed by atoms with E-state index in [1.807, 2.05) is 0 Å². The number of nitrogens with one attached hydrogen (secondary N) is 1. The zero-order chi connectivity index (χ0) is 17.6. The molecule has 0 aliphatic heterocycles. The third kappa shape index (κ3) is 4.20. The molecule has 0 amide bonds.